The van der Waals surface area contributed by atoms with Crippen molar-refractivity contribution >= 4 is 11.6 Å². The van der Waals surface area contributed by atoms with Crippen molar-refractivity contribution < 1.29 is 4.79 Å². The smallest absolute Gasteiger partial charge is 0.238 e. The van der Waals surface area contributed by atoms with Gasteiger partial charge < -0.3 is 5.32 Å². The van der Waals surface area contributed by atoms with Crippen LogP contribution in [0.5, 0.6) is 0 Å². The van der Waals surface area contributed by atoms with E-state index in [9.17, 15) is 4.79 Å². The van der Waals surface area contributed by atoms with Gasteiger partial charge in [-0.15, -0.1) is 0 Å². The molecule has 21 heavy (non-hydrogen) atoms. The van der Waals surface area contributed by atoms with Crippen LogP contribution in [0.3, 0.4) is 0 Å². The van der Waals surface area contributed by atoms with Crippen molar-refractivity contribution in [1.82, 2.24) is 4.90 Å². The van der Waals surface area contributed by atoms with Gasteiger partial charge in [0.05, 0.1) is 6.54 Å². The molecule has 0 radical (unpaired) electrons. The van der Waals surface area contributed by atoms with E-state index in [1.165, 1.54) is 31.2 Å². The minimum absolute atomic E-state index is 0.101. The number of amides is 1. The Labute approximate surface area is 128 Å². The Kier molecular flexibility index (Phi) is 5.80. The molecule has 0 heterocycles. The molecule has 0 aliphatic heterocycles. The number of nitrogens with zero attached hydrogens (tertiary/aromatic N) is 1. The van der Waals surface area contributed by atoms with Crippen LogP contribution in [0.15, 0.2) is 24.3 Å². The van der Waals surface area contributed by atoms with Gasteiger partial charge in [0, 0.05) is 17.8 Å². The molecule has 1 aliphatic rings. The Morgan fingerprint density at radius 3 is 2.67 bits per heavy atom. The topological polar surface area (TPSA) is 32.3 Å². The summed E-state index contributed by atoms with van der Waals surface area (Å²) >= 11 is 0. The number of aryl methyl sites for hydroxylation is 1. The predicted molar refractivity (Wildman–Crippen MR) is 88.5 cm³/mol. The fourth-order valence-corrected chi connectivity index (χ4v) is 3.20. The van der Waals surface area contributed by atoms with Crippen molar-refractivity contribution in [2.75, 3.05) is 11.9 Å². The quantitative estimate of drug-likeness (QED) is 0.862. The summed E-state index contributed by atoms with van der Waals surface area (Å²) in [4.78, 5) is 14.7. The van der Waals surface area contributed by atoms with Gasteiger partial charge in [-0.2, -0.15) is 0 Å². The van der Waals surface area contributed by atoms with Crippen LogP contribution in [0.4, 0.5) is 5.69 Å². The summed E-state index contributed by atoms with van der Waals surface area (Å²) in [5.74, 6) is 0.101. The van der Waals surface area contributed by atoms with E-state index in [2.05, 4.69) is 43.1 Å². The summed E-state index contributed by atoms with van der Waals surface area (Å²) in [5.41, 5.74) is 2.17. The minimum atomic E-state index is 0.101. The molecular weight excluding hydrogens is 260 g/mol. The molecule has 1 fully saturated rings. The number of carbonyl (C=O) groups excluding carboxylic acids is 1. The lowest BCUT2D eigenvalue weighted by atomic mass is 10.1. The van der Waals surface area contributed by atoms with E-state index in [-0.39, 0.29) is 5.91 Å². The third-order valence-corrected chi connectivity index (χ3v) is 4.40. The number of anilines is 1. The lowest BCUT2D eigenvalue weighted by Crippen LogP contribution is -2.43. The number of hydrogen-bond acceptors (Lipinski definition) is 2. The van der Waals surface area contributed by atoms with Crippen LogP contribution in [0.25, 0.3) is 0 Å². The zero-order valence-corrected chi connectivity index (χ0v) is 13.6. The van der Waals surface area contributed by atoms with Crippen LogP contribution in [0.2, 0.25) is 0 Å². The molecular formula is C18H28N2O. The fraction of sp³-hybridized carbons (Fsp3) is 0.611. The number of nitrogens with one attached hydrogen (secondary N) is 1. The first-order valence-electron chi connectivity index (χ1n) is 8.24. The summed E-state index contributed by atoms with van der Waals surface area (Å²) in [5, 5.41) is 3.04. The summed E-state index contributed by atoms with van der Waals surface area (Å²) in [6, 6.07) is 9.12. The summed E-state index contributed by atoms with van der Waals surface area (Å²) < 4.78 is 0. The van der Waals surface area contributed by atoms with E-state index in [1.54, 1.807) is 0 Å². The molecule has 0 spiro atoms. The maximum absolute atomic E-state index is 12.3. The second-order valence-electron chi connectivity index (χ2n) is 6.31. The molecule has 1 saturated carbocycles. The molecule has 0 bridgehead atoms. The first kappa shape index (κ1) is 16.0. The van der Waals surface area contributed by atoms with Gasteiger partial charge in [0.15, 0.2) is 0 Å². The van der Waals surface area contributed by atoms with Crippen LogP contribution in [-0.4, -0.2) is 29.4 Å². The largest absolute Gasteiger partial charge is 0.325 e. The van der Waals surface area contributed by atoms with E-state index >= 15 is 0 Å². The molecule has 0 saturated heterocycles. The van der Waals surface area contributed by atoms with Crippen LogP contribution in [-0.2, 0) is 11.2 Å². The molecule has 0 atom stereocenters. The predicted octanol–water partition coefficient (Wildman–Crippen LogP) is 3.84. The van der Waals surface area contributed by atoms with Crippen LogP contribution >= 0.6 is 0 Å². The monoisotopic (exact) mass is 288 g/mol. The summed E-state index contributed by atoms with van der Waals surface area (Å²) in [6.07, 6.45) is 6.06. The first-order chi connectivity index (χ1) is 10.1. The zero-order valence-electron chi connectivity index (χ0n) is 13.6. The molecule has 0 unspecified atom stereocenters. The standard InChI is InChI=1S/C18H28N2O/c1-4-15-8-7-9-16(12-15)19-18(21)13-20(14(2)3)17-10-5-6-11-17/h7-9,12,14,17H,4-6,10-11,13H2,1-3H3,(H,19,21). The third-order valence-electron chi connectivity index (χ3n) is 4.40. The van der Waals surface area contributed by atoms with Crippen molar-refractivity contribution in [1.29, 1.82) is 0 Å². The summed E-state index contributed by atoms with van der Waals surface area (Å²) in [6.45, 7) is 6.99. The lowest BCUT2D eigenvalue weighted by Gasteiger charge is -2.31. The maximum Gasteiger partial charge on any atom is 0.238 e. The van der Waals surface area contributed by atoms with Gasteiger partial charge >= 0.3 is 0 Å². The number of hydrogen-bond donors (Lipinski definition) is 1. The van der Waals surface area contributed by atoms with E-state index in [1.807, 2.05) is 12.1 Å². The third kappa shape index (κ3) is 4.57. The maximum atomic E-state index is 12.3. The van der Waals surface area contributed by atoms with Crippen LogP contribution in [0, 0.1) is 0 Å². The Morgan fingerprint density at radius 1 is 1.33 bits per heavy atom. The highest BCUT2D eigenvalue weighted by Crippen LogP contribution is 2.25. The molecule has 116 valence electrons. The van der Waals surface area contributed by atoms with E-state index in [0.29, 0.717) is 18.6 Å². The van der Waals surface area contributed by atoms with Crippen molar-refractivity contribution in [3.63, 3.8) is 0 Å². The highest BCUT2D eigenvalue weighted by molar-refractivity contribution is 5.92. The number of carbonyl (C=O) groups is 1. The molecule has 0 aromatic heterocycles. The number of rotatable bonds is 6. The van der Waals surface area contributed by atoms with Gasteiger partial charge in [-0.3, -0.25) is 9.69 Å². The zero-order chi connectivity index (χ0) is 15.2. The molecule has 2 rings (SSSR count). The number of benzene rings is 1. The highest BCUT2D eigenvalue weighted by Gasteiger charge is 2.26. The van der Waals surface area contributed by atoms with Crippen LogP contribution in [0.1, 0.15) is 52.0 Å². The molecule has 3 nitrogen and oxygen atoms in total. The Morgan fingerprint density at radius 2 is 2.05 bits per heavy atom. The van der Waals surface area contributed by atoms with Crippen molar-refractivity contribution in [3.05, 3.63) is 29.8 Å². The molecule has 1 N–H and O–H groups in total. The Balaban J connectivity index is 1.95. The lowest BCUT2D eigenvalue weighted by molar-refractivity contribution is -0.118. The average Bonchev–Trinajstić information content (AvgIpc) is 2.98. The van der Waals surface area contributed by atoms with E-state index < -0.39 is 0 Å². The second kappa shape index (κ2) is 7.60. The second-order valence-corrected chi connectivity index (χ2v) is 6.31. The van der Waals surface area contributed by atoms with Gasteiger partial charge in [-0.25, -0.2) is 0 Å². The minimum Gasteiger partial charge on any atom is -0.325 e. The van der Waals surface area contributed by atoms with Crippen molar-refractivity contribution in [2.45, 2.75) is 65.0 Å². The van der Waals surface area contributed by atoms with E-state index in [4.69, 9.17) is 0 Å². The van der Waals surface area contributed by atoms with Gasteiger partial charge in [0.25, 0.3) is 0 Å². The Hall–Kier alpha value is -1.35. The first-order valence-corrected chi connectivity index (χ1v) is 8.24. The molecule has 1 aliphatic carbocycles. The van der Waals surface area contributed by atoms with Crippen LogP contribution < -0.4 is 5.32 Å². The highest BCUT2D eigenvalue weighted by atomic mass is 16.2. The Bertz CT molecular complexity index is 464. The van der Waals surface area contributed by atoms with Gasteiger partial charge in [0.1, 0.15) is 0 Å². The molecule has 1 aromatic carbocycles. The molecule has 1 amide bonds. The van der Waals surface area contributed by atoms with Crippen molar-refractivity contribution in [2.24, 2.45) is 0 Å². The van der Waals surface area contributed by atoms with Crippen molar-refractivity contribution in [3.8, 4) is 0 Å². The normalized spacial score (nSPS) is 15.9. The molecule has 3 heteroatoms. The SMILES string of the molecule is CCc1cccc(NC(=O)CN(C(C)C)C2CCCC2)c1. The van der Waals surface area contributed by atoms with Gasteiger partial charge in [-0.05, 0) is 50.8 Å². The average molecular weight is 288 g/mol. The molecule has 1 aromatic rings. The van der Waals surface area contributed by atoms with E-state index in [0.717, 1.165) is 12.1 Å². The van der Waals surface area contributed by atoms with Gasteiger partial charge in [0.2, 0.25) is 5.91 Å². The summed E-state index contributed by atoms with van der Waals surface area (Å²) in [7, 11) is 0. The fourth-order valence-electron chi connectivity index (χ4n) is 3.20. The van der Waals surface area contributed by atoms with Gasteiger partial charge in [-0.1, -0.05) is 31.9 Å².